The molecule has 1 aromatic heterocycles. The second-order valence-corrected chi connectivity index (χ2v) is 9.82. The summed E-state index contributed by atoms with van der Waals surface area (Å²) in [4.78, 5) is 23.1. The van der Waals surface area contributed by atoms with Crippen molar-refractivity contribution in [3.63, 3.8) is 0 Å². The molecule has 2 aliphatic heterocycles. The molecule has 0 saturated carbocycles. The highest BCUT2D eigenvalue weighted by molar-refractivity contribution is 5.99. The van der Waals surface area contributed by atoms with Gasteiger partial charge in [0.25, 0.3) is 11.8 Å². The van der Waals surface area contributed by atoms with Crippen molar-refractivity contribution in [3.05, 3.63) is 65.2 Å². The van der Waals surface area contributed by atoms with Gasteiger partial charge in [-0.2, -0.15) is 19.0 Å². The molecule has 13 heteroatoms. The molecule has 5 rings (SSSR count). The number of benzene rings is 2. The number of nitrogens with zero attached hydrogens (tertiary/aromatic N) is 5. The van der Waals surface area contributed by atoms with Gasteiger partial charge in [-0.15, -0.1) is 0 Å². The first kappa shape index (κ1) is 28.6. The predicted octanol–water partition coefficient (Wildman–Crippen LogP) is 4.14. The number of phenols is 1. The highest BCUT2D eigenvalue weighted by atomic mass is 19.1. The first-order chi connectivity index (χ1) is 20.2. The molecule has 42 heavy (non-hydrogen) atoms. The largest absolute Gasteiger partial charge is 0.504 e. The quantitative estimate of drug-likeness (QED) is 0.380. The number of hydrogen-bond donors (Lipinski definition) is 2. The van der Waals surface area contributed by atoms with E-state index in [1.807, 2.05) is 24.1 Å². The van der Waals surface area contributed by atoms with Crippen LogP contribution in [0.1, 0.15) is 24.0 Å². The molecule has 0 radical (unpaired) electrons. The van der Waals surface area contributed by atoms with Crippen LogP contribution >= 0.6 is 0 Å². The van der Waals surface area contributed by atoms with Crippen LogP contribution < -0.4 is 14.2 Å². The fraction of sp³-hybridized carbons (Fsp3) is 0.310. The third-order valence-electron chi connectivity index (χ3n) is 6.82. The first-order valence-corrected chi connectivity index (χ1v) is 13.2. The van der Waals surface area contributed by atoms with Crippen molar-refractivity contribution < 1.29 is 38.0 Å². The number of carboxylic acid groups (broad SMARTS) is 1. The Morgan fingerprint density at radius 1 is 1.10 bits per heavy atom. The monoisotopic (exact) mass is 579 g/mol. The number of likely N-dealkylation sites (N-methyl/N-ethyl adjacent to an activating group) is 1. The van der Waals surface area contributed by atoms with Gasteiger partial charge in [-0.05, 0) is 37.1 Å². The average Bonchev–Trinajstić information content (AvgIpc) is 3.41. The molecule has 1 fully saturated rings. The van der Waals surface area contributed by atoms with Gasteiger partial charge in [-0.1, -0.05) is 12.1 Å². The molecule has 2 N–H and O–H groups in total. The lowest BCUT2D eigenvalue weighted by Gasteiger charge is -2.31. The Morgan fingerprint density at radius 3 is 2.50 bits per heavy atom. The van der Waals surface area contributed by atoms with Crippen molar-refractivity contribution in [2.75, 3.05) is 39.8 Å². The van der Waals surface area contributed by atoms with Crippen LogP contribution in [0.5, 0.6) is 34.8 Å². The predicted molar refractivity (Wildman–Crippen MR) is 145 cm³/mol. The SMILES string of the molecule is CN1CCN=C1c1cccc(Oc2nc(Oc3cc(C#N)ccc3O)c(F)c(OC3CCN(CC(=O)O)CC3)c2F)c1. The van der Waals surface area contributed by atoms with E-state index in [1.54, 1.807) is 23.1 Å². The third kappa shape index (κ3) is 6.34. The van der Waals surface area contributed by atoms with Gasteiger partial charge >= 0.3 is 5.97 Å². The molecule has 2 aliphatic rings. The molecule has 2 aromatic carbocycles. The van der Waals surface area contributed by atoms with E-state index >= 15 is 8.78 Å². The zero-order valence-electron chi connectivity index (χ0n) is 22.6. The minimum absolute atomic E-state index is 0.128. The number of rotatable bonds is 9. The van der Waals surface area contributed by atoms with Gasteiger partial charge in [0.1, 0.15) is 17.7 Å². The van der Waals surface area contributed by atoms with E-state index < -0.39 is 47.0 Å². The van der Waals surface area contributed by atoms with E-state index in [4.69, 9.17) is 19.3 Å². The lowest BCUT2D eigenvalue weighted by Crippen LogP contribution is -2.40. The Bertz CT molecular complexity index is 1570. The maximum absolute atomic E-state index is 15.8. The van der Waals surface area contributed by atoms with Crippen LogP contribution in [0.15, 0.2) is 47.5 Å². The number of aromatic nitrogens is 1. The molecule has 0 bridgehead atoms. The molecule has 0 unspecified atom stereocenters. The Hall–Kier alpha value is -4.96. The van der Waals surface area contributed by atoms with Crippen molar-refractivity contribution in [2.45, 2.75) is 18.9 Å². The summed E-state index contributed by atoms with van der Waals surface area (Å²) in [6, 6.07) is 12.4. The van der Waals surface area contributed by atoms with Crippen molar-refractivity contribution in [1.29, 1.82) is 5.26 Å². The highest BCUT2D eigenvalue weighted by Crippen LogP contribution is 2.40. The number of hydrogen-bond acceptors (Lipinski definition) is 10. The maximum Gasteiger partial charge on any atom is 0.317 e. The molecule has 0 amide bonds. The number of halogens is 2. The average molecular weight is 580 g/mol. The van der Waals surface area contributed by atoms with Gasteiger partial charge in [-0.3, -0.25) is 14.7 Å². The Labute approximate surface area is 239 Å². The van der Waals surface area contributed by atoms with Gasteiger partial charge in [0.15, 0.2) is 11.5 Å². The molecule has 3 aromatic rings. The molecule has 218 valence electrons. The van der Waals surface area contributed by atoms with Crippen LogP contribution in [0.3, 0.4) is 0 Å². The van der Waals surface area contributed by atoms with Crippen molar-refractivity contribution in [1.82, 2.24) is 14.8 Å². The summed E-state index contributed by atoms with van der Waals surface area (Å²) in [5.74, 6) is -5.37. The van der Waals surface area contributed by atoms with Gasteiger partial charge in [0.05, 0.1) is 24.7 Å². The zero-order valence-corrected chi connectivity index (χ0v) is 22.6. The standard InChI is InChI=1S/C29H27F2N5O6/c1-35-12-9-33-27(35)18-3-2-4-20(14-18)41-28-24(30)26(40-19-7-10-36(11-8-19)16-23(38)39)25(31)29(34-28)42-22-13-17(15-32)5-6-21(22)37/h2-6,13-14,19,37H,7-12,16H2,1H3,(H,38,39). The van der Waals surface area contributed by atoms with Crippen LogP contribution in [0.25, 0.3) is 0 Å². The third-order valence-corrected chi connectivity index (χ3v) is 6.82. The van der Waals surface area contributed by atoms with Crippen LogP contribution in [0.2, 0.25) is 0 Å². The number of phenolic OH excluding ortho intramolecular Hbond substituents is 1. The van der Waals surface area contributed by atoms with Crippen molar-refractivity contribution in [2.24, 2.45) is 4.99 Å². The summed E-state index contributed by atoms with van der Waals surface area (Å²) >= 11 is 0. The molecule has 11 nitrogen and oxygen atoms in total. The Kier molecular flexibility index (Phi) is 8.35. The number of nitriles is 1. The van der Waals surface area contributed by atoms with E-state index in [-0.39, 0.29) is 23.6 Å². The summed E-state index contributed by atoms with van der Waals surface area (Å²) in [6.07, 6.45) is 0.0179. The summed E-state index contributed by atoms with van der Waals surface area (Å²) in [5, 5.41) is 28.5. The normalized spacial score (nSPS) is 15.7. The Balaban J connectivity index is 1.48. The van der Waals surface area contributed by atoms with E-state index in [0.29, 0.717) is 32.5 Å². The maximum atomic E-state index is 15.8. The minimum atomic E-state index is -1.27. The van der Waals surface area contributed by atoms with Crippen LogP contribution in [0, 0.1) is 23.0 Å². The summed E-state index contributed by atoms with van der Waals surface area (Å²) in [5.41, 5.74) is 0.859. The summed E-state index contributed by atoms with van der Waals surface area (Å²) < 4.78 is 48.5. The summed E-state index contributed by atoms with van der Waals surface area (Å²) in [6.45, 7) is 1.97. The van der Waals surface area contributed by atoms with Crippen molar-refractivity contribution >= 4 is 11.8 Å². The number of aromatic hydroxyl groups is 1. The molecule has 3 heterocycles. The number of carboxylic acids is 1. The zero-order chi connectivity index (χ0) is 29.8. The van der Waals surface area contributed by atoms with Gasteiger partial charge in [-0.25, -0.2) is 0 Å². The number of ether oxygens (including phenoxy) is 3. The molecular formula is C29H27F2N5O6. The number of aliphatic imine (C=N–C) groups is 1. The molecular weight excluding hydrogens is 552 g/mol. The molecule has 1 saturated heterocycles. The van der Waals surface area contributed by atoms with Crippen LogP contribution in [-0.2, 0) is 4.79 Å². The lowest BCUT2D eigenvalue weighted by molar-refractivity contribution is -0.138. The fourth-order valence-electron chi connectivity index (χ4n) is 4.69. The van der Waals surface area contributed by atoms with E-state index in [1.165, 1.54) is 18.2 Å². The fourth-order valence-corrected chi connectivity index (χ4v) is 4.69. The smallest absolute Gasteiger partial charge is 0.317 e. The van der Waals surface area contributed by atoms with E-state index in [2.05, 4.69) is 9.98 Å². The first-order valence-electron chi connectivity index (χ1n) is 13.2. The van der Waals surface area contributed by atoms with E-state index in [0.717, 1.165) is 17.9 Å². The number of amidine groups is 1. The van der Waals surface area contributed by atoms with Crippen LogP contribution in [-0.4, -0.2) is 82.7 Å². The topological polar surface area (TPSA) is 141 Å². The Morgan fingerprint density at radius 2 is 1.83 bits per heavy atom. The number of carbonyl (C=O) groups is 1. The minimum Gasteiger partial charge on any atom is -0.504 e. The van der Waals surface area contributed by atoms with Crippen LogP contribution in [0.4, 0.5) is 8.78 Å². The second-order valence-electron chi connectivity index (χ2n) is 9.82. The van der Waals surface area contributed by atoms with Gasteiger partial charge in [0, 0.05) is 38.3 Å². The van der Waals surface area contributed by atoms with Gasteiger partial charge < -0.3 is 29.3 Å². The molecule has 0 atom stereocenters. The van der Waals surface area contributed by atoms with Crippen molar-refractivity contribution in [3.8, 4) is 40.8 Å². The number of pyridine rings is 1. The lowest BCUT2D eigenvalue weighted by atomic mass is 10.1. The number of likely N-dealkylation sites (tertiary alicyclic amines) is 1. The molecule has 0 spiro atoms. The highest BCUT2D eigenvalue weighted by Gasteiger charge is 2.30. The second kappa shape index (κ2) is 12.3. The number of piperidine rings is 1. The van der Waals surface area contributed by atoms with E-state index in [9.17, 15) is 15.2 Å². The van der Waals surface area contributed by atoms with Gasteiger partial charge in [0.2, 0.25) is 17.4 Å². The summed E-state index contributed by atoms with van der Waals surface area (Å²) in [7, 11) is 1.90. The number of aliphatic carboxylic acids is 1. The molecule has 0 aliphatic carbocycles.